The molecular weight excluding hydrogens is 380 g/mol. The SMILES string of the molecule is O=C(N/N=C/c1ccccc1[N+](=O)[O-])c1cc(-c2ccccc2)nc2ccccc12. The quantitative estimate of drug-likeness (QED) is 0.303. The molecule has 0 aliphatic heterocycles. The lowest BCUT2D eigenvalue weighted by Crippen LogP contribution is -2.18. The van der Waals surface area contributed by atoms with Crippen molar-refractivity contribution in [1.29, 1.82) is 0 Å². The molecule has 4 rings (SSSR count). The van der Waals surface area contributed by atoms with Crippen LogP contribution in [-0.4, -0.2) is 22.0 Å². The molecule has 1 amide bonds. The van der Waals surface area contributed by atoms with Crippen molar-refractivity contribution in [3.63, 3.8) is 0 Å². The van der Waals surface area contributed by atoms with Gasteiger partial charge in [-0.25, -0.2) is 10.4 Å². The van der Waals surface area contributed by atoms with Crippen LogP contribution in [0.4, 0.5) is 5.69 Å². The Morgan fingerprint density at radius 2 is 1.67 bits per heavy atom. The number of hydrogen-bond acceptors (Lipinski definition) is 5. The molecule has 0 spiro atoms. The molecule has 30 heavy (non-hydrogen) atoms. The van der Waals surface area contributed by atoms with Crippen LogP contribution in [0.1, 0.15) is 15.9 Å². The van der Waals surface area contributed by atoms with Gasteiger partial charge in [0.1, 0.15) is 0 Å². The number of pyridine rings is 1. The first kappa shape index (κ1) is 18.9. The topological polar surface area (TPSA) is 97.5 Å². The third-order valence-electron chi connectivity index (χ3n) is 4.53. The number of nitro benzene ring substituents is 1. The van der Waals surface area contributed by atoms with Gasteiger partial charge in [-0.15, -0.1) is 0 Å². The molecule has 1 aromatic heterocycles. The second-order valence-corrected chi connectivity index (χ2v) is 6.45. The zero-order valence-electron chi connectivity index (χ0n) is 15.7. The zero-order chi connectivity index (χ0) is 20.9. The van der Waals surface area contributed by atoms with Crippen LogP contribution in [0.3, 0.4) is 0 Å². The predicted octanol–water partition coefficient (Wildman–Crippen LogP) is 4.57. The summed E-state index contributed by atoms with van der Waals surface area (Å²) in [6, 6.07) is 24.8. The molecule has 0 atom stereocenters. The summed E-state index contributed by atoms with van der Waals surface area (Å²) in [6.45, 7) is 0. The minimum absolute atomic E-state index is 0.0868. The summed E-state index contributed by atoms with van der Waals surface area (Å²) in [6.07, 6.45) is 1.26. The Labute approximate surface area is 171 Å². The van der Waals surface area contributed by atoms with Crippen molar-refractivity contribution in [3.8, 4) is 11.3 Å². The van der Waals surface area contributed by atoms with Crippen molar-refractivity contribution in [2.75, 3.05) is 0 Å². The summed E-state index contributed by atoms with van der Waals surface area (Å²) in [5.41, 5.74) is 5.34. The summed E-state index contributed by atoms with van der Waals surface area (Å²) >= 11 is 0. The number of rotatable bonds is 5. The van der Waals surface area contributed by atoms with Crippen molar-refractivity contribution in [3.05, 3.63) is 106 Å². The number of fused-ring (bicyclic) bond motifs is 1. The first-order valence-electron chi connectivity index (χ1n) is 9.15. The van der Waals surface area contributed by atoms with E-state index in [0.717, 1.165) is 5.56 Å². The van der Waals surface area contributed by atoms with Crippen LogP contribution in [-0.2, 0) is 0 Å². The lowest BCUT2D eigenvalue weighted by atomic mass is 10.0. The number of carbonyl (C=O) groups is 1. The number of nitrogens with zero attached hydrogens (tertiary/aromatic N) is 3. The van der Waals surface area contributed by atoms with E-state index in [9.17, 15) is 14.9 Å². The highest BCUT2D eigenvalue weighted by Crippen LogP contribution is 2.24. The third-order valence-corrected chi connectivity index (χ3v) is 4.53. The Morgan fingerprint density at radius 1 is 0.967 bits per heavy atom. The van der Waals surface area contributed by atoms with Gasteiger partial charge in [0.05, 0.1) is 33.5 Å². The number of nitrogens with one attached hydrogen (secondary N) is 1. The molecule has 7 nitrogen and oxygen atoms in total. The van der Waals surface area contributed by atoms with Gasteiger partial charge in [-0.1, -0.05) is 60.7 Å². The van der Waals surface area contributed by atoms with Crippen LogP contribution in [0.15, 0.2) is 90.0 Å². The Morgan fingerprint density at radius 3 is 2.47 bits per heavy atom. The number of nitro groups is 1. The smallest absolute Gasteiger partial charge is 0.267 e. The summed E-state index contributed by atoms with van der Waals surface area (Å²) in [4.78, 5) is 28.1. The van der Waals surface area contributed by atoms with Gasteiger partial charge in [-0.3, -0.25) is 14.9 Å². The molecule has 0 saturated heterocycles. The van der Waals surface area contributed by atoms with E-state index in [-0.39, 0.29) is 5.69 Å². The maximum absolute atomic E-state index is 12.9. The van der Waals surface area contributed by atoms with Crippen molar-refractivity contribution >= 4 is 28.7 Å². The average molecular weight is 396 g/mol. The first-order chi connectivity index (χ1) is 14.6. The van der Waals surface area contributed by atoms with Crippen LogP contribution >= 0.6 is 0 Å². The van der Waals surface area contributed by atoms with Crippen LogP contribution < -0.4 is 5.43 Å². The molecule has 0 fully saturated rings. The number of amides is 1. The van der Waals surface area contributed by atoms with Crippen LogP contribution in [0.5, 0.6) is 0 Å². The number of hydrazone groups is 1. The highest BCUT2D eigenvalue weighted by atomic mass is 16.6. The monoisotopic (exact) mass is 396 g/mol. The normalized spacial score (nSPS) is 10.9. The van der Waals surface area contributed by atoms with Gasteiger partial charge in [0.2, 0.25) is 0 Å². The van der Waals surface area contributed by atoms with E-state index in [1.165, 1.54) is 12.3 Å². The molecule has 146 valence electrons. The molecule has 0 aliphatic rings. The van der Waals surface area contributed by atoms with Gasteiger partial charge in [-0.2, -0.15) is 5.10 Å². The first-order valence-corrected chi connectivity index (χ1v) is 9.15. The van der Waals surface area contributed by atoms with E-state index in [1.807, 2.05) is 54.6 Å². The highest BCUT2D eigenvalue weighted by molar-refractivity contribution is 6.07. The highest BCUT2D eigenvalue weighted by Gasteiger charge is 2.14. The van der Waals surface area contributed by atoms with Crippen LogP contribution in [0.25, 0.3) is 22.2 Å². The maximum Gasteiger partial charge on any atom is 0.278 e. The Bertz CT molecular complexity index is 1270. The predicted molar refractivity (Wildman–Crippen MR) is 115 cm³/mol. The largest absolute Gasteiger partial charge is 0.278 e. The Hall–Kier alpha value is -4.39. The number of benzene rings is 3. The summed E-state index contributed by atoms with van der Waals surface area (Å²) in [5, 5.41) is 15.7. The van der Waals surface area contributed by atoms with Crippen LogP contribution in [0, 0.1) is 10.1 Å². The molecule has 0 radical (unpaired) electrons. The van der Waals surface area contributed by atoms with E-state index in [4.69, 9.17) is 0 Å². The maximum atomic E-state index is 12.9. The Kier molecular flexibility index (Phi) is 5.25. The Balaban J connectivity index is 1.67. The van der Waals surface area contributed by atoms with Crippen molar-refractivity contribution in [2.45, 2.75) is 0 Å². The van der Waals surface area contributed by atoms with Gasteiger partial charge >= 0.3 is 0 Å². The molecule has 4 aromatic rings. The molecule has 1 heterocycles. The standard InChI is InChI=1S/C23H16N4O3/c28-23(26-24-15-17-10-4-7-13-22(17)27(29)30)19-14-21(16-8-2-1-3-9-16)25-20-12-6-5-11-18(19)20/h1-15H,(H,26,28)/b24-15+. The summed E-state index contributed by atoms with van der Waals surface area (Å²) in [5.74, 6) is -0.430. The molecule has 3 aromatic carbocycles. The minimum atomic E-state index is -0.494. The molecule has 0 aliphatic carbocycles. The molecule has 0 bridgehead atoms. The van der Waals surface area contributed by atoms with Crippen molar-refractivity contribution < 1.29 is 9.72 Å². The molecule has 0 unspecified atom stereocenters. The lowest BCUT2D eigenvalue weighted by molar-refractivity contribution is -0.385. The van der Waals surface area contributed by atoms with Crippen molar-refractivity contribution in [2.24, 2.45) is 5.10 Å². The van der Waals surface area contributed by atoms with Gasteiger partial charge < -0.3 is 0 Å². The fraction of sp³-hybridized carbons (Fsp3) is 0. The van der Waals surface area contributed by atoms with Crippen molar-refractivity contribution in [1.82, 2.24) is 10.4 Å². The third kappa shape index (κ3) is 3.90. The van der Waals surface area contributed by atoms with Gasteiger partial charge in [0.15, 0.2) is 0 Å². The second kappa shape index (κ2) is 8.32. The molecule has 0 saturated carbocycles. The lowest BCUT2D eigenvalue weighted by Gasteiger charge is -2.09. The average Bonchev–Trinajstić information content (AvgIpc) is 2.79. The van der Waals surface area contributed by atoms with Gasteiger partial charge in [0.25, 0.3) is 11.6 Å². The number of carbonyl (C=O) groups excluding carboxylic acids is 1. The van der Waals surface area contributed by atoms with Gasteiger partial charge in [-0.05, 0) is 18.2 Å². The van der Waals surface area contributed by atoms with E-state index in [0.29, 0.717) is 27.7 Å². The second-order valence-electron chi connectivity index (χ2n) is 6.45. The number of hydrogen-bond donors (Lipinski definition) is 1. The van der Waals surface area contributed by atoms with Gasteiger partial charge in [0, 0.05) is 17.0 Å². The molecular formula is C23H16N4O3. The number of aromatic nitrogens is 1. The fourth-order valence-corrected chi connectivity index (χ4v) is 3.10. The van der Waals surface area contributed by atoms with E-state index < -0.39 is 10.8 Å². The minimum Gasteiger partial charge on any atom is -0.267 e. The fourth-order valence-electron chi connectivity index (χ4n) is 3.10. The molecule has 1 N–H and O–H groups in total. The summed E-state index contributed by atoms with van der Waals surface area (Å²) < 4.78 is 0. The van der Waals surface area contributed by atoms with E-state index >= 15 is 0 Å². The molecule has 7 heteroatoms. The summed E-state index contributed by atoms with van der Waals surface area (Å²) in [7, 11) is 0. The zero-order valence-corrected chi connectivity index (χ0v) is 15.7. The number of para-hydroxylation sites is 2. The van der Waals surface area contributed by atoms with E-state index in [1.54, 1.807) is 24.3 Å². The van der Waals surface area contributed by atoms with E-state index in [2.05, 4.69) is 15.5 Å². The van der Waals surface area contributed by atoms with Crippen LogP contribution in [0.2, 0.25) is 0 Å².